The Morgan fingerprint density at radius 1 is 1.55 bits per heavy atom. The second-order valence-electron chi connectivity index (χ2n) is 4.65. The van der Waals surface area contributed by atoms with Crippen molar-refractivity contribution >= 4 is 17.7 Å². The molecular formula is C14H19NO4S. The molecule has 0 amide bonds. The average molecular weight is 297 g/mol. The predicted octanol–water partition coefficient (Wildman–Crippen LogP) is 2.05. The summed E-state index contributed by atoms with van der Waals surface area (Å²) in [6.45, 7) is 0. The van der Waals surface area contributed by atoms with E-state index in [-0.39, 0.29) is 6.10 Å². The second-order valence-corrected chi connectivity index (χ2v) is 5.80. The molecule has 2 rings (SSSR count). The van der Waals surface area contributed by atoms with Crippen molar-refractivity contribution in [2.45, 2.75) is 25.0 Å². The van der Waals surface area contributed by atoms with Crippen LogP contribution in [0, 0.1) is 0 Å². The van der Waals surface area contributed by atoms with Gasteiger partial charge in [0, 0.05) is 11.3 Å². The molecule has 0 bridgehead atoms. The summed E-state index contributed by atoms with van der Waals surface area (Å²) in [5.74, 6) is 2.00. The number of rotatable bonds is 5. The van der Waals surface area contributed by atoms with Crippen LogP contribution in [0.4, 0.5) is 0 Å². The van der Waals surface area contributed by atoms with Crippen molar-refractivity contribution in [2.24, 2.45) is 5.73 Å². The molecule has 2 unspecified atom stereocenters. The molecule has 20 heavy (non-hydrogen) atoms. The molecule has 1 aliphatic heterocycles. The van der Waals surface area contributed by atoms with Gasteiger partial charge in [-0.3, -0.25) is 4.79 Å². The first-order valence-electron chi connectivity index (χ1n) is 6.53. The average Bonchev–Trinajstić information content (AvgIpc) is 2.47. The lowest BCUT2D eigenvalue weighted by atomic mass is 10.1. The number of nitrogens with two attached hydrogens (primary N) is 1. The maximum atomic E-state index is 11.0. The summed E-state index contributed by atoms with van der Waals surface area (Å²) >= 11 is 1.87. The Balaban J connectivity index is 2.23. The summed E-state index contributed by atoms with van der Waals surface area (Å²) in [5, 5.41) is 9.04. The van der Waals surface area contributed by atoms with Crippen LogP contribution in [0.5, 0.6) is 11.5 Å². The van der Waals surface area contributed by atoms with Gasteiger partial charge in [-0.2, -0.15) is 11.8 Å². The van der Waals surface area contributed by atoms with Crippen LogP contribution in [0.2, 0.25) is 0 Å². The lowest BCUT2D eigenvalue weighted by molar-refractivity contribution is -0.138. The predicted molar refractivity (Wildman–Crippen MR) is 78.5 cm³/mol. The van der Waals surface area contributed by atoms with Crippen LogP contribution in [0.1, 0.15) is 24.4 Å². The van der Waals surface area contributed by atoms with Gasteiger partial charge in [0.2, 0.25) is 0 Å². The van der Waals surface area contributed by atoms with E-state index in [9.17, 15) is 4.79 Å². The number of thioether (sulfide) groups is 1. The van der Waals surface area contributed by atoms with Crippen molar-refractivity contribution in [3.8, 4) is 11.5 Å². The summed E-state index contributed by atoms with van der Waals surface area (Å²) in [5.41, 5.74) is 6.11. The molecule has 1 fully saturated rings. The zero-order valence-electron chi connectivity index (χ0n) is 11.4. The molecule has 1 aliphatic rings. The molecule has 1 aromatic rings. The Kier molecular flexibility index (Phi) is 5.14. The number of aliphatic carboxylic acids is 1. The third-order valence-corrected chi connectivity index (χ3v) is 4.41. The van der Waals surface area contributed by atoms with Gasteiger partial charge in [0.1, 0.15) is 12.1 Å². The fourth-order valence-corrected chi connectivity index (χ4v) is 3.24. The van der Waals surface area contributed by atoms with Gasteiger partial charge in [-0.25, -0.2) is 0 Å². The number of carboxylic acid groups (broad SMARTS) is 1. The third-order valence-electron chi connectivity index (χ3n) is 3.23. The second kappa shape index (κ2) is 6.85. The topological polar surface area (TPSA) is 81.8 Å². The minimum Gasteiger partial charge on any atom is -0.492 e. The summed E-state index contributed by atoms with van der Waals surface area (Å²) in [4.78, 5) is 11.0. The highest BCUT2D eigenvalue weighted by Gasteiger charge is 2.23. The van der Waals surface area contributed by atoms with Gasteiger partial charge in [0.15, 0.2) is 11.5 Å². The molecule has 1 heterocycles. The molecule has 2 atom stereocenters. The number of hydrogen-bond acceptors (Lipinski definition) is 5. The van der Waals surface area contributed by atoms with Gasteiger partial charge >= 0.3 is 5.97 Å². The standard InChI is InChI=1S/C14H19NO4S/c1-18-13-10(12(15)14(16)17)5-2-6-11(13)19-9-4-3-7-20-8-9/h2,5-6,9,12H,3-4,7-8,15H2,1H3,(H,16,17). The highest BCUT2D eigenvalue weighted by Crippen LogP contribution is 2.36. The largest absolute Gasteiger partial charge is 0.492 e. The number of methoxy groups -OCH3 is 1. The van der Waals surface area contributed by atoms with E-state index in [4.69, 9.17) is 20.3 Å². The number of benzene rings is 1. The maximum absolute atomic E-state index is 11.0. The van der Waals surface area contributed by atoms with E-state index >= 15 is 0 Å². The number of carboxylic acids is 1. The Bertz CT molecular complexity index is 474. The molecule has 1 saturated heterocycles. The summed E-state index contributed by atoms with van der Waals surface area (Å²) < 4.78 is 11.3. The fourth-order valence-electron chi connectivity index (χ4n) is 2.21. The van der Waals surface area contributed by atoms with E-state index in [0.717, 1.165) is 18.6 Å². The summed E-state index contributed by atoms with van der Waals surface area (Å²) in [6.07, 6.45) is 2.27. The number of carbonyl (C=O) groups is 1. The van der Waals surface area contributed by atoms with E-state index in [1.807, 2.05) is 11.8 Å². The highest BCUT2D eigenvalue weighted by atomic mass is 32.2. The Labute approximate surface area is 122 Å². The van der Waals surface area contributed by atoms with E-state index in [1.165, 1.54) is 12.9 Å². The van der Waals surface area contributed by atoms with Gasteiger partial charge in [-0.15, -0.1) is 0 Å². The highest BCUT2D eigenvalue weighted by molar-refractivity contribution is 7.99. The van der Waals surface area contributed by atoms with Crippen LogP contribution >= 0.6 is 11.8 Å². The molecule has 5 nitrogen and oxygen atoms in total. The molecule has 110 valence electrons. The smallest absolute Gasteiger partial charge is 0.325 e. The van der Waals surface area contributed by atoms with Gasteiger partial charge in [0.25, 0.3) is 0 Å². The minimum atomic E-state index is -1.12. The summed E-state index contributed by atoms with van der Waals surface area (Å²) in [6, 6.07) is 4.07. The molecule has 0 radical (unpaired) electrons. The molecule has 0 saturated carbocycles. The van der Waals surface area contributed by atoms with Gasteiger partial charge in [-0.05, 0) is 24.7 Å². The fraction of sp³-hybridized carbons (Fsp3) is 0.500. The monoisotopic (exact) mass is 297 g/mol. The molecule has 0 aromatic heterocycles. The van der Waals surface area contributed by atoms with Crippen LogP contribution in [0.15, 0.2) is 18.2 Å². The van der Waals surface area contributed by atoms with Crippen molar-refractivity contribution in [1.29, 1.82) is 0 Å². The van der Waals surface area contributed by atoms with E-state index < -0.39 is 12.0 Å². The van der Waals surface area contributed by atoms with E-state index in [2.05, 4.69) is 0 Å². The first-order chi connectivity index (χ1) is 9.63. The quantitative estimate of drug-likeness (QED) is 0.865. The summed E-state index contributed by atoms with van der Waals surface area (Å²) in [7, 11) is 1.50. The Morgan fingerprint density at radius 3 is 2.95 bits per heavy atom. The van der Waals surface area contributed by atoms with E-state index in [1.54, 1.807) is 18.2 Å². The minimum absolute atomic E-state index is 0.138. The SMILES string of the molecule is COc1c(OC2CCCSC2)cccc1C(N)C(=O)O. The van der Waals surface area contributed by atoms with Crippen molar-refractivity contribution in [3.63, 3.8) is 0 Å². The van der Waals surface area contributed by atoms with Crippen molar-refractivity contribution < 1.29 is 19.4 Å². The van der Waals surface area contributed by atoms with Gasteiger partial charge < -0.3 is 20.3 Å². The Morgan fingerprint density at radius 2 is 2.35 bits per heavy atom. The van der Waals surface area contributed by atoms with Gasteiger partial charge in [0.05, 0.1) is 7.11 Å². The number of para-hydroxylation sites is 1. The molecule has 3 N–H and O–H groups in total. The lowest BCUT2D eigenvalue weighted by Crippen LogP contribution is -2.25. The molecule has 0 aliphatic carbocycles. The van der Waals surface area contributed by atoms with Gasteiger partial charge in [-0.1, -0.05) is 12.1 Å². The van der Waals surface area contributed by atoms with Crippen LogP contribution in [-0.4, -0.2) is 35.8 Å². The molecular weight excluding hydrogens is 278 g/mol. The molecule has 6 heteroatoms. The van der Waals surface area contributed by atoms with Crippen LogP contribution in [0.25, 0.3) is 0 Å². The maximum Gasteiger partial charge on any atom is 0.325 e. The van der Waals surface area contributed by atoms with Crippen molar-refractivity contribution in [1.82, 2.24) is 0 Å². The number of ether oxygens (including phenoxy) is 2. The normalized spacial score (nSPS) is 20.2. The van der Waals surface area contributed by atoms with Crippen LogP contribution in [-0.2, 0) is 4.79 Å². The zero-order chi connectivity index (χ0) is 14.5. The lowest BCUT2D eigenvalue weighted by Gasteiger charge is -2.24. The first kappa shape index (κ1) is 15.0. The van der Waals surface area contributed by atoms with Crippen molar-refractivity contribution in [3.05, 3.63) is 23.8 Å². The molecule has 0 spiro atoms. The third kappa shape index (κ3) is 3.37. The zero-order valence-corrected chi connectivity index (χ0v) is 12.2. The first-order valence-corrected chi connectivity index (χ1v) is 7.68. The number of hydrogen-bond donors (Lipinski definition) is 2. The Hall–Kier alpha value is -1.40. The molecule has 1 aromatic carbocycles. The van der Waals surface area contributed by atoms with Crippen molar-refractivity contribution in [2.75, 3.05) is 18.6 Å². The van der Waals surface area contributed by atoms with Crippen LogP contribution in [0.3, 0.4) is 0 Å². The van der Waals surface area contributed by atoms with E-state index in [0.29, 0.717) is 17.1 Å². The van der Waals surface area contributed by atoms with Crippen LogP contribution < -0.4 is 15.2 Å².